The Labute approximate surface area is 195 Å². The van der Waals surface area contributed by atoms with Crippen LogP contribution in [0.1, 0.15) is 47.9 Å². The lowest BCUT2D eigenvalue weighted by molar-refractivity contribution is 0.0945. The van der Waals surface area contributed by atoms with E-state index in [0.29, 0.717) is 18.3 Å². The molecule has 1 fully saturated rings. The highest BCUT2D eigenvalue weighted by atomic mass is 16.6. The SMILES string of the molecule is C[C@H]1CCCCN1Cc1c(C(=O)N/N=C/c2cccc3ccccc23)nnn1-c1nonc1N. The fraction of sp³-hybridized carbons (Fsp3) is 0.304. The summed E-state index contributed by atoms with van der Waals surface area (Å²) in [4.78, 5) is 15.4. The first-order valence-electron chi connectivity index (χ1n) is 11.2. The Kier molecular flexibility index (Phi) is 6.00. The zero-order valence-corrected chi connectivity index (χ0v) is 18.8. The van der Waals surface area contributed by atoms with Crippen LogP contribution in [0.25, 0.3) is 16.6 Å². The van der Waals surface area contributed by atoms with Gasteiger partial charge in [0.05, 0.1) is 11.9 Å². The van der Waals surface area contributed by atoms with Gasteiger partial charge in [0.1, 0.15) is 0 Å². The van der Waals surface area contributed by atoms with Crippen molar-refractivity contribution >= 4 is 28.7 Å². The first-order chi connectivity index (χ1) is 16.6. The maximum atomic E-state index is 13.1. The van der Waals surface area contributed by atoms with Gasteiger partial charge in [-0.25, -0.2) is 10.1 Å². The number of hydrogen-bond acceptors (Lipinski definition) is 9. The Bertz CT molecular complexity index is 1340. The van der Waals surface area contributed by atoms with Gasteiger partial charge in [-0.15, -0.1) is 5.10 Å². The smallest absolute Gasteiger partial charge is 0.293 e. The molecule has 0 spiro atoms. The number of nitrogen functional groups attached to an aromatic ring is 1. The molecule has 11 heteroatoms. The second-order valence-electron chi connectivity index (χ2n) is 8.35. The summed E-state index contributed by atoms with van der Waals surface area (Å²) in [5.41, 5.74) is 10.1. The van der Waals surface area contributed by atoms with Crippen molar-refractivity contribution in [2.75, 3.05) is 12.3 Å². The number of benzene rings is 2. The molecule has 3 N–H and O–H groups in total. The number of nitrogens with two attached hydrogens (primary N) is 1. The minimum Gasteiger partial charge on any atom is -0.378 e. The Balaban J connectivity index is 1.42. The van der Waals surface area contributed by atoms with Crippen LogP contribution in [0.4, 0.5) is 5.82 Å². The minimum atomic E-state index is -0.475. The van der Waals surface area contributed by atoms with Crippen molar-refractivity contribution in [1.29, 1.82) is 0 Å². The third kappa shape index (κ3) is 4.25. The highest BCUT2D eigenvalue weighted by molar-refractivity contribution is 6.00. The van der Waals surface area contributed by atoms with Crippen molar-refractivity contribution in [2.24, 2.45) is 5.10 Å². The normalized spacial score (nSPS) is 16.9. The molecular formula is C23H25N9O2. The lowest BCUT2D eigenvalue weighted by Gasteiger charge is -2.33. The molecule has 1 amide bonds. The van der Waals surface area contributed by atoms with E-state index in [1.807, 2.05) is 42.5 Å². The monoisotopic (exact) mass is 459 g/mol. The Morgan fingerprint density at radius 2 is 2.09 bits per heavy atom. The van der Waals surface area contributed by atoms with E-state index in [9.17, 15) is 4.79 Å². The predicted molar refractivity (Wildman–Crippen MR) is 126 cm³/mol. The summed E-state index contributed by atoms with van der Waals surface area (Å²) in [6.45, 7) is 3.54. The fourth-order valence-electron chi connectivity index (χ4n) is 4.29. The van der Waals surface area contributed by atoms with Crippen LogP contribution in [0, 0.1) is 0 Å². The second-order valence-corrected chi connectivity index (χ2v) is 8.35. The number of piperidine rings is 1. The van der Waals surface area contributed by atoms with E-state index in [1.165, 1.54) is 11.1 Å². The predicted octanol–water partition coefficient (Wildman–Crippen LogP) is 2.52. The van der Waals surface area contributed by atoms with E-state index in [1.54, 1.807) is 6.21 Å². The van der Waals surface area contributed by atoms with Gasteiger partial charge >= 0.3 is 0 Å². The van der Waals surface area contributed by atoms with Gasteiger partial charge in [0.2, 0.25) is 11.6 Å². The summed E-state index contributed by atoms with van der Waals surface area (Å²) >= 11 is 0. The van der Waals surface area contributed by atoms with Gasteiger partial charge in [-0.05, 0) is 47.4 Å². The van der Waals surface area contributed by atoms with Gasteiger partial charge in [0, 0.05) is 18.2 Å². The molecule has 2 aromatic heterocycles. The van der Waals surface area contributed by atoms with Gasteiger partial charge in [-0.3, -0.25) is 9.69 Å². The third-order valence-electron chi connectivity index (χ3n) is 6.16. The number of amides is 1. The second kappa shape index (κ2) is 9.40. The Morgan fingerprint density at radius 1 is 1.24 bits per heavy atom. The van der Waals surface area contributed by atoms with Crippen molar-refractivity contribution in [3.05, 3.63) is 59.4 Å². The van der Waals surface area contributed by atoms with Gasteiger partial charge in [-0.1, -0.05) is 54.1 Å². The van der Waals surface area contributed by atoms with Crippen LogP contribution >= 0.6 is 0 Å². The molecule has 34 heavy (non-hydrogen) atoms. The van der Waals surface area contributed by atoms with Crippen molar-refractivity contribution in [1.82, 2.24) is 35.6 Å². The number of hydrogen-bond donors (Lipinski definition) is 2. The van der Waals surface area contributed by atoms with Crippen LogP contribution in [0.2, 0.25) is 0 Å². The number of rotatable bonds is 6. The van der Waals surface area contributed by atoms with E-state index < -0.39 is 5.91 Å². The molecule has 1 aliphatic heterocycles. The highest BCUT2D eigenvalue weighted by Crippen LogP contribution is 2.23. The highest BCUT2D eigenvalue weighted by Gasteiger charge is 2.28. The minimum absolute atomic E-state index is 0.0683. The fourth-order valence-corrected chi connectivity index (χ4v) is 4.29. The van der Waals surface area contributed by atoms with Crippen LogP contribution < -0.4 is 11.2 Å². The van der Waals surface area contributed by atoms with Crippen LogP contribution in [-0.4, -0.2) is 54.9 Å². The van der Waals surface area contributed by atoms with Crippen molar-refractivity contribution in [3.8, 4) is 5.82 Å². The molecule has 4 aromatic rings. The maximum absolute atomic E-state index is 13.1. The summed E-state index contributed by atoms with van der Waals surface area (Å²) in [6.07, 6.45) is 4.99. The quantitative estimate of drug-likeness (QED) is 0.331. The van der Waals surface area contributed by atoms with Gasteiger partial charge in [0.15, 0.2) is 5.69 Å². The van der Waals surface area contributed by atoms with E-state index in [-0.39, 0.29) is 17.3 Å². The zero-order valence-electron chi connectivity index (χ0n) is 18.8. The molecule has 0 saturated carbocycles. The summed E-state index contributed by atoms with van der Waals surface area (Å²) in [6, 6.07) is 14.3. The van der Waals surface area contributed by atoms with Gasteiger partial charge in [-0.2, -0.15) is 9.78 Å². The van der Waals surface area contributed by atoms with Crippen LogP contribution in [0.3, 0.4) is 0 Å². The molecule has 0 bridgehead atoms. The average Bonchev–Trinajstić information content (AvgIpc) is 3.46. The molecule has 0 radical (unpaired) electrons. The van der Waals surface area contributed by atoms with Crippen LogP contribution in [-0.2, 0) is 6.54 Å². The molecule has 1 saturated heterocycles. The third-order valence-corrected chi connectivity index (χ3v) is 6.16. The largest absolute Gasteiger partial charge is 0.378 e. The molecule has 174 valence electrons. The number of hydrazone groups is 1. The lowest BCUT2D eigenvalue weighted by atomic mass is 10.0. The van der Waals surface area contributed by atoms with E-state index in [2.05, 4.69) is 43.0 Å². The number of carbonyl (C=O) groups is 1. The number of carbonyl (C=O) groups excluding carboxylic acids is 1. The average molecular weight is 460 g/mol. The van der Waals surface area contributed by atoms with Crippen LogP contribution in [0.5, 0.6) is 0 Å². The summed E-state index contributed by atoms with van der Waals surface area (Å²) in [5, 5.41) is 22.0. The maximum Gasteiger partial charge on any atom is 0.293 e. The number of likely N-dealkylation sites (tertiary alicyclic amines) is 1. The van der Waals surface area contributed by atoms with Crippen molar-refractivity contribution < 1.29 is 9.42 Å². The number of aromatic nitrogens is 5. The molecule has 0 unspecified atom stereocenters. The van der Waals surface area contributed by atoms with E-state index in [4.69, 9.17) is 10.4 Å². The molecule has 11 nitrogen and oxygen atoms in total. The number of nitrogens with one attached hydrogen (secondary N) is 1. The molecule has 1 aliphatic rings. The molecule has 1 atom stereocenters. The standard InChI is InChI=1S/C23H25N9O2/c1-15-7-4-5-12-31(15)14-19-20(26-30-32(19)22-21(24)28-34-29-22)23(33)27-25-13-17-10-6-9-16-8-2-3-11-18(16)17/h2-3,6,8-11,13,15H,4-5,7,12,14H2,1H3,(H2,24,28)(H,27,33)/b25-13+/t15-/m0/s1. The molecule has 5 rings (SSSR count). The molecule has 2 aromatic carbocycles. The van der Waals surface area contributed by atoms with Crippen molar-refractivity contribution in [2.45, 2.75) is 38.8 Å². The number of anilines is 1. The van der Waals surface area contributed by atoms with Gasteiger partial charge in [0.25, 0.3) is 5.91 Å². The Morgan fingerprint density at radius 3 is 2.91 bits per heavy atom. The summed E-state index contributed by atoms with van der Waals surface area (Å²) in [7, 11) is 0. The first-order valence-corrected chi connectivity index (χ1v) is 11.2. The molecule has 3 heterocycles. The topological polar surface area (TPSA) is 140 Å². The van der Waals surface area contributed by atoms with E-state index in [0.717, 1.165) is 35.7 Å². The van der Waals surface area contributed by atoms with Crippen molar-refractivity contribution in [3.63, 3.8) is 0 Å². The van der Waals surface area contributed by atoms with Crippen LogP contribution in [0.15, 0.2) is 52.2 Å². The number of nitrogens with zero attached hydrogens (tertiary/aromatic N) is 7. The zero-order chi connectivity index (χ0) is 23.5. The Hall–Kier alpha value is -4.12. The number of fused-ring (bicyclic) bond motifs is 1. The molecule has 0 aliphatic carbocycles. The summed E-state index contributed by atoms with van der Waals surface area (Å²) in [5.74, 6) is -0.207. The molecular weight excluding hydrogens is 434 g/mol. The van der Waals surface area contributed by atoms with Gasteiger partial charge < -0.3 is 5.73 Å². The van der Waals surface area contributed by atoms with E-state index >= 15 is 0 Å². The summed E-state index contributed by atoms with van der Waals surface area (Å²) < 4.78 is 6.15. The lowest BCUT2D eigenvalue weighted by Crippen LogP contribution is -2.38. The first kappa shape index (κ1) is 21.7.